The van der Waals surface area contributed by atoms with Gasteiger partial charge in [0.25, 0.3) is 0 Å². The molecule has 1 aromatic rings. The molecule has 0 amide bonds. The van der Waals surface area contributed by atoms with Crippen LogP contribution in [0.4, 0.5) is 0 Å². The maximum absolute atomic E-state index is 11.5. The first-order chi connectivity index (χ1) is 9.08. The van der Waals surface area contributed by atoms with Crippen molar-refractivity contribution >= 4 is 11.9 Å². The summed E-state index contributed by atoms with van der Waals surface area (Å²) in [6.45, 7) is 6.15. The van der Waals surface area contributed by atoms with Crippen LogP contribution in [0.3, 0.4) is 0 Å². The first kappa shape index (κ1) is 15.2. The predicted octanol–water partition coefficient (Wildman–Crippen LogP) is 2.61. The van der Waals surface area contributed by atoms with E-state index in [-0.39, 0.29) is 17.9 Å². The molecule has 0 fully saturated rings. The SMILES string of the molecule is CCOC(=O)c1ccc(CC(C)C(=O)OCC)cc1. The van der Waals surface area contributed by atoms with Crippen molar-refractivity contribution in [1.82, 2.24) is 0 Å². The van der Waals surface area contributed by atoms with Crippen molar-refractivity contribution in [2.24, 2.45) is 5.92 Å². The Morgan fingerprint density at radius 2 is 1.63 bits per heavy atom. The zero-order valence-corrected chi connectivity index (χ0v) is 11.6. The van der Waals surface area contributed by atoms with Crippen molar-refractivity contribution < 1.29 is 19.1 Å². The first-order valence-electron chi connectivity index (χ1n) is 6.51. The molecule has 0 aliphatic heterocycles. The van der Waals surface area contributed by atoms with E-state index in [1.807, 2.05) is 19.1 Å². The van der Waals surface area contributed by atoms with Gasteiger partial charge in [-0.25, -0.2) is 4.79 Å². The Kier molecular flexibility index (Phi) is 6.06. The highest BCUT2D eigenvalue weighted by Crippen LogP contribution is 2.12. The maximum Gasteiger partial charge on any atom is 0.338 e. The fourth-order valence-electron chi connectivity index (χ4n) is 1.71. The minimum absolute atomic E-state index is 0.187. The number of esters is 2. The summed E-state index contributed by atoms with van der Waals surface area (Å²) in [4.78, 5) is 23.0. The molecule has 4 nitrogen and oxygen atoms in total. The predicted molar refractivity (Wildman–Crippen MR) is 71.9 cm³/mol. The van der Waals surface area contributed by atoms with Crippen LogP contribution in [0.2, 0.25) is 0 Å². The third kappa shape index (κ3) is 4.73. The molecule has 0 aromatic heterocycles. The van der Waals surface area contributed by atoms with Crippen LogP contribution in [0.1, 0.15) is 36.7 Å². The Hall–Kier alpha value is -1.84. The average molecular weight is 264 g/mol. The second-order valence-electron chi connectivity index (χ2n) is 4.27. The molecule has 0 N–H and O–H groups in total. The summed E-state index contributed by atoms with van der Waals surface area (Å²) >= 11 is 0. The molecule has 0 radical (unpaired) electrons. The molecule has 1 atom stereocenters. The summed E-state index contributed by atoms with van der Waals surface area (Å²) in [7, 11) is 0. The standard InChI is InChI=1S/C15H20O4/c1-4-18-14(16)11(3)10-12-6-8-13(9-7-12)15(17)19-5-2/h6-9,11H,4-5,10H2,1-3H3. The zero-order valence-electron chi connectivity index (χ0n) is 11.6. The van der Waals surface area contributed by atoms with Gasteiger partial charge in [-0.2, -0.15) is 0 Å². The average Bonchev–Trinajstić information content (AvgIpc) is 2.40. The van der Waals surface area contributed by atoms with Crippen molar-refractivity contribution in [3.8, 4) is 0 Å². The smallest absolute Gasteiger partial charge is 0.338 e. The molecular weight excluding hydrogens is 244 g/mol. The Morgan fingerprint density at radius 3 is 2.16 bits per heavy atom. The van der Waals surface area contributed by atoms with E-state index >= 15 is 0 Å². The maximum atomic E-state index is 11.5. The molecule has 0 heterocycles. The van der Waals surface area contributed by atoms with Crippen LogP contribution >= 0.6 is 0 Å². The minimum atomic E-state index is -0.326. The molecule has 1 rings (SSSR count). The fourth-order valence-corrected chi connectivity index (χ4v) is 1.71. The molecule has 4 heteroatoms. The number of benzene rings is 1. The van der Waals surface area contributed by atoms with Gasteiger partial charge in [0.05, 0.1) is 24.7 Å². The van der Waals surface area contributed by atoms with Crippen LogP contribution in [-0.2, 0) is 20.7 Å². The molecule has 1 aromatic carbocycles. The number of rotatable bonds is 6. The summed E-state index contributed by atoms with van der Waals surface area (Å²) in [6.07, 6.45) is 0.599. The van der Waals surface area contributed by atoms with Gasteiger partial charge >= 0.3 is 11.9 Å². The number of ether oxygens (including phenoxy) is 2. The van der Waals surface area contributed by atoms with Gasteiger partial charge < -0.3 is 9.47 Å². The van der Waals surface area contributed by atoms with Crippen LogP contribution in [0, 0.1) is 5.92 Å². The van der Waals surface area contributed by atoms with E-state index < -0.39 is 0 Å². The highest BCUT2D eigenvalue weighted by Gasteiger charge is 2.14. The number of carbonyl (C=O) groups excluding carboxylic acids is 2. The molecule has 19 heavy (non-hydrogen) atoms. The lowest BCUT2D eigenvalue weighted by molar-refractivity contribution is -0.147. The molecule has 0 aliphatic rings. The molecule has 104 valence electrons. The van der Waals surface area contributed by atoms with Gasteiger partial charge in [-0.3, -0.25) is 4.79 Å². The van der Waals surface area contributed by atoms with Crippen LogP contribution in [0.5, 0.6) is 0 Å². The first-order valence-corrected chi connectivity index (χ1v) is 6.51. The number of hydrogen-bond acceptors (Lipinski definition) is 4. The Balaban J connectivity index is 2.61. The van der Waals surface area contributed by atoms with E-state index in [1.54, 1.807) is 26.0 Å². The molecule has 0 aliphatic carbocycles. The van der Waals surface area contributed by atoms with Crippen molar-refractivity contribution in [3.63, 3.8) is 0 Å². The molecule has 0 spiro atoms. The zero-order chi connectivity index (χ0) is 14.3. The molecule has 1 unspecified atom stereocenters. The number of hydrogen-bond donors (Lipinski definition) is 0. The lowest BCUT2D eigenvalue weighted by Gasteiger charge is -2.10. The van der Waals surface area contributed by atoms with Crippen LogP contribution in [0.25, 0.3) is 0 Å². The highest BCUT2D eigenvalue weighted by molar-refractivity contribution is 5.89. The van der Waals surface area contributed by atoms with Crippen molar-refractivity contribution in [1.29, 1.82) is 0 Å². The topological polar surface area (TPSA) is 52.6 Å². The summed E-state index contributed by atoms with van der Waals surface area (Å²) in [5.74, 6) is -0.710. The van der Waals surface area contributed by atoms with Crippen LogP contribution < -0.4 is 0 Å². The summed E-state index contributed by atoms with van der Waals surface area (Å²) in [6, 6.07) is 7.10. The second-order valence-corrected chi connectivity index (χ2v) is 4.27. The van der Waals surface area contributed by atoms with Gasteiger partial charge in [0, 0.05) is 0 Å². The summed E-state index contributed by atoms with van der Waals surface area (Å²) < 4.78 is 9.86. The second kappa shape index (κ2) is 7.56. The van der Waals surface area contributed by atoms with Gasteiger partial charge in [0.1, 0.15) is 0 Å². The van der Waals surface area contributed by atoms with Gasteiger partial charge in [-0.05, 0) is 38.0 Å². The van der Waals surface area contributed by atoms with Crippen molar-refractivity contribution in [2.75, 3.05) is 13.2 Å². The molecule has 0 bridgehead atoms. The lowest BCUT2D eigenvalue weighted by Crippen LogP contribution is -2.17. The van der Waals surface area contributed by atoms with Gasteiger partial charge in [-0.1, -0.05) is 19.1 Å². The molecule has 0 saturated heterocycles. The van der Waals surface area contributed by atoms with Gasteiger partial charge in [0.15, 0.2) is 0 Å². The Labute approximate surface area is 113 Å². The molecular formula is C15H20O4. The molecule has 0 saturated carbocycles. The Morgan fingerprint density at radius 1 is 1.05 bits per heavy atom. The van der Waals surface area contributed by atoms with E-state index in [1.165, 1.54) is 0 Å². The van der Waals surface area contributed by atoms with E-state index in [0.29, 0.717) is 25.2 Å². The quantitative estimate of drug-likeness (QED) is 0.741. The lowest BCUT2D eigenvalue weighted by atomic mass is 10.0. The summed E-state index contributed by atoms with van der Waals surface area (Å²) in [5.41, 5.74) is 1.52. The van der Waals surface area contributed by atoms with E-state index in [9.17, 15) is 9.59 Å². The van der Waals surface area contributed by atoms with Crippen molar-refractivity contribution in [3.05, 3.63) is 35.4 Å². The van der Waals surface area contributed by atoms with Crippen LogP contribution in [0.15, 0.2) is 24.3 Å². The Bertz CT molecular complexity index is 422. The minimum Gasteiger partial charge on any atom is -0.466 e. The number of carbonyl (C=O) groups is 2. The van der Waals surface area contributed by atoms with Crippen molar-refractivity contribution in [2.45, 2.75) is 27.2 Å². The third-order valence-corrected chi connectivity index (χ3v) is 2.70. The van der Waals surface area contributed by atoms with Crippen LogP contribution in [-0.4, -0.2) is 25.2 Å². The highest BCUT2D eigenvalue weighted by atomic mass is 16.5. The largest absolute Gasteiger partial charge is 0.466 e. The van der Waals surface area contributed by atoms with Gasteiger partial charge in [-0.15, -0.1) is 0 Å². The third-order valence-electron chi connectivity index (χ3n) is 2.70. The van der Waals surface area contributed by atoms with E-state index in [2.05, 4.69) is 0 Å². The summed E-state index contributed by atoms with van der Waals surface area (Å²) in [5, 5.41) is 0. The fraction of sp³-hybridized carbons (Fsp3) is 0.467. The van der Waals surface area contributed by atoms with E-state index in [0.717, 1.165) is 5.56 Å². The monoisotopic (exact) mass is 264 g/mol. The van der Waals surface area contributed by atoms with Gasteiger partial charge in [0.2, 0.25) is 0 Å². The normalized spacial score (nSPS) is 11.7. The van der Waals surface area contributed by atoms with E-state index in [4.69, 9.17) is 9.47 Å².